The van der Waals surface area contributed by atoms with E-state index in [1.807, 2.05) is 11.0 Å². The van der Waals surface area contributed by atoms with Crippen LogP contribution in [0, 0.1) is 0 Å². The van der Waals surface area contributed by atoms with Crippen LogP contribution in [0.4, 0.5) is 0 Å². The molecule has 0 saturated carbocycles. The molecule has 0 bridgehead atoms. The molecule has 1 heterocycles. The molecule has 1 atom stereocenters. The number of carbonyl (C=O) groups excluding carboxylic acids is 2. The standard InChI is InChI=1S/C14H19N3O3/c15-12(18)11-4-1-3-10(7-11)8-17-6-2-5-14(20,9-17)13(16)19/h1,3-4,7,20H,2,5-6,8-9H2,(H2,15,18)(H2,16,19). The Kier molecular flexibility index (Phi) is 4.06. The van der Waals surface area contributed by atoms with Crippen molar-refractivity contribution in [3.8, 4) is 0 Å². The minimum absolute atomic E-state index is 0.211. The van der Waals surface area contributed by atoms with Gasteiger partial charge in [0.05, 0.1) is 0 Å². The molecule has 5 N–H and O–H groups in total. The molecule has 1 unspecified atom stereocenters. The quantitative estimate of drug-likeness (QED) is 0.695. The van der Waals surface area contributed by atoms with Crippen molar-refractivity contribution in [2.45, 2.75) is 25.0 Å². The Hall–Kier alpha value is -1.92. The average Bonchev–Trinajstić information content (AvgIpc) is 2.39. The number of β-amino-alcohol motifs (C(OH)–C–C–N with tert-alkyl or cyclic N) is 1. The Morgan fingerprint density at radius 2 is 2.10 bits per heavy atom. The molecule has 1 aliphatic heterocycles. The monoisotopic (exact) mass is 277 g/mol. The van der Waals surface area contributed by atoms with Crippen molar-refractivity contribution >= 4 is 11.8 Å². The highest BCUT2D eigenvalue weighted by Crippen LogP contribution is 2.22. The number of carbonyl (C=O) groups is 2. The molecule has 1 aromatic rings. The van der Waals surface area contributed by atoms with E-state index >= 15 is 0 Å². The van der Waals surface area contributed by atoms with E-state index in [1.54, 1.807) is 18.2 Å². The van der Waals surface area contributed by atoms with Gasteiger partial charge in [0, 0.05) is 18.7 Å². The van der Waals surface area contributed by atoms with Crippen molar-refractivity contribution < 1.29 is 14.7 Å². The molecule has 0 aliphatic carbocycles. The number of rotatable bonds is 4. The van der Waals surface area contributed by atoms with E-state index in [0.29, 0.717) is 24.9 Å². The van der Waals surface area contributed by atoms with Crippen LogP contribution in [0.1, 0.15) is 28.8 Å². The molecule has 2 amide bonds. The molecule has 1 fully saturated rings. The van der Waals surface area contributed by atoms with Crippen molar-refractivity contribution in [1.82, 2.24) is 4.90 Å². The highest BCUT2D eigenvalue weighted by atomic mass is 16.3. The molecule has 0 spiro atoms. The van der Waals surface area contributed by atoms with Crippen molar-refractivity contribution in [3.63, 3.8) is 0 Å². The van der Waals surface area contributed by atoms with Crippen molar-refractivity contribution in [2.75, 3.05) is 13.1 Å². The van der Waals surface area contributed by atoms with E-state index in [1.165, 1.54) is 0 Å². The normalized spacial score (nSPS) is 23.4. The van der Waals surface area contributed by atoms with Crippen LogP contribution in [0.25, 0.3) is 0 Å². The Labute approximate surface area is 117 Å². The fraction of sp³-hybridized carbons (Fsp3) is 0.429. The summed E-state index contributed by atoms with van der Waals surface area (Å²) < 4.78 is 0. The second-order valence-corrected chi connectivity index (χ2v) is 5.27. The summed E-state index contributed by atoms with van der Waals surface area (Å²) in [7, 11) is 0. The van der Waals surface area contributed by atoms with Crippen LogP contribution in [0.5, 0.6) is 0 Å². The Balaban J connectivity index is 2.08. The van der Waals surface area contributed by atoms with Gasteiger partial charge in [0.1, 0.15) is 0 Å². The summed E-state index contributed by atoms with van der Waals surface area (Å²) >= 11 is 0. The Morgan fingerprint density at radius 3 is 2.75 bits per heavy atom. The molecule has 1 aromatic carbocycles. The number of likely N-dealkylation sites (tertiary alicyclic amines) is 1. The van der Waals surface area contributed by atoms with Crippen LogP contribution in [0.2, 0.25) is 0 Å². The third kappa shape index (κ3) is 3.15. The molecular formula is C14H19N3O3. The number of hydrogen-bond acceptors (Lipinski definition) is 4. The highest BCUT2D eigenvalue weighted by molar-refractivity contribution is 5.92. The van der Waals surface area contributed by atoms with Crippen molar-refractivity contribution in [3.05, 3.63) is 35.4 Å². The third-order valence-electron chi connectivity index (χ3n) is 3.63. The number of benzene rings is 1. The number of nitrogens with zero attached hydrogens (tertiary/aromatic N) is 1. The maximum atomic E-state index is 11.3. The largest absolute Gasteiger partial charge is 0.379 e. The zero-order valence-corrected chi connectivity index (χ0v) is 11.2. The van der Waals surface area contributed by atoms with Gasteiger partial charge in [-0.1, -0.05) is 12.1 Å². The average molecular weight is 277 g/mol. The smallest absolute Gasteiger partial charge is 0.250 e. The fourth-order valence-corrected chi connectivity index (χ4v) is 2.54. The lowest BCUT2D eigenvalue weighted by Gasteiger charge is -2.37. The van der Waals surface area contributed by atoms with E-state index < -0.39 is 17.4 Å². The van der Waals surface area contributed by atoms with Crippen LogP contribution in [0.15, 0.2) is 24.3 Å². The topological polar surface area (TPSA) is 110 Å². The molecule has 6 heteroatoms. The van der Waals surface area contributed by atoms with Gasteiger partial charge in [-0.05, 0) is 37.1 Å². The minimum Gasteiger partial charge on any atom is -0.379 e. The second-order valence-electron chi connectivity index (χ2n) is 5.27. The molecule has 2 rings (SSSR count). The molecule has 1 aliphatic rings. The van der Waals surface area contributed by atoms with Crippen LogP contribution in [0.3, 0.4) is 0 Å². The molecule has 20 heavy (non-hydrogen) atoms. The molecule has 6 nitrogen and oxygen atoms in total. The van der Waals surface area contributed by atoms with Gasteiger partial charge in [0.25, 0.3) is 5.91 Å². The lowest BCUT2D eigenvalue weighted by molar-refractivity contribution is -0.142. The van der Waals surface area contributed by atoms with Crippen LogP contribution < -0.4 is 11.5 Å². The van der Waals surface area contributed by atoms with E-state index in [9.17, 15) is 14.7 Å². The summed E-state index contributed by atoms with van der Waals surface area (Å²) in [5, 5.41) is 10.1. The third-order valence-corrected chi connectivity index (χ3v) is 3.63. The summed E-state index contributed by atoms with van der Waals surface area (Å²) in [6, 6.07) is 7.02. The van der Waals surface area contributed by atoms with Gasteiger partial charge in [0.2, 0.25) is 5.91 Å². The molecule has 0 radical (unpaired) electrons. The SMILES string of the molecule is NC(=O)c1cccc(CN2CCCC(O)(C(N)=O)C2)c1. The van der Waals surface area contributed by atoms with Crippen LogP contribution >= 0.6 is 0 Å². The van der Waals surface area contributed by atoms with Crippen LogP contribution in [-0.4, -0.2) is 40.5 Å². The van der Waals surface area contributed by atoms with Gasteiger partial charge in [-0.15, -0.1) is 0 Å². The maximum Gasteiger partial charge on any atom is 0.250 e. The Bertz CT molecular complexity index is 532. The number of amides is 2. The van der Waals surface area contributed by atoms with E-state index in [-0.39, 0.29) is 6.54 Å². The zero-order valence-electron chi connectivity index (χ0n) is 11.2. The summed E-state index contributed by atoms with van der Waals surface area (Å²) in [6.45, 7) is 1.52. The van der Waals surface area contributed by atoms with Gasteiger partial charge >= 0.3 is 0 Å². The second kappa shape index (κ2) is 5.60. The van der Waals surface area contributed by atoms with Crippen molar-refractivity contribution in [2.24, 2.45) is 11.5 Å². The van der Waals surface area contributed by atoms with E-state index in [4.69, 9.17) is 11.5 Å². The maximum absolute atomic E-state index is 11.3. The molecule has 0 aromatic heterocycles. The lowest BCUT2D eigenvalue weighted by Crippen LogP contribution is -2.55. The highest BCUT2D eigenvalue weighted by Gasteiger charge is 2.38. The first kappa shape index (κ1) is 14.5. The fourth-order valence-electron chi connectivity index (χ4n) is 2.54. The van der Waals surface area contributed by atoms with Crippen LogP contribution in [-0.2, 0) is 11.3 Å². The number of hydrogen-bond donors (Lipinski definition) is 3. The summed E-state index contributed by atoms with van der Waals surface area (Å²) in [5.74, 6) is -1.16. The van der Waals surface area contributed by atoms with E-state index in [2.05, 4.69) is 0 Å². The number of piperidine rings is 1. The summed E-state index contributed by atoms with van der Waals surface area (Å²) in [6.07, 6.45) is 1.09. The predicted molar refractivity (Wildman–Crippen MR) is 73.6 cm³/mol. The number of aliphatic hydroxyl groups is 1. The summed E-state index contributed by atoms with van der Waals surface area (Å²) in [4.78, 5) is 24.4. The lowest BCUT2D eigenvalue weighted by atomic mass is 9.92. The first-order valence-corrected chi connectivity index (χ1v) is 6.54. The molecule has 1 saturated heterocycles. The minimum atomic E-state index is -1.46. The van der Waals surface area contributed by atoms with Gasteiger partial charge in [-0.25, -0.2) is 0 Å². The van der Waals surface area contributed by atoms with Gasteiger partial charge in [0.15, 0.2) is 5.60 Å². The number of nitrogens with two attached hydrogens (primary N) is 2. The van der Waals surface area contributed by atoms with E-state index in [0.717, 1.165) is 12.1 Å². The van der Waals surface area contributed by atoms with Gasteiger partial charge in [-0.2, -0.15) is 0 Å². The Morgan fingerprint density at radius 1 is 1.35 bits per heavy atom. The van der Waals surface area contributed by atoms with Gasteiger partial charge < -0.3 is 16.6 Å². The molecule has 108 valence electrons. The first-order chi connectivity index (χ1) is 9.40. The number of primary amides is 2. The summed E-state index contributed by atoms with van der Waals surface area (Å²) in [5.41, 5.74) is 10.4. The van der Waals surface area contributed by atoms with Crippen molar-refractivity contribution in [1.29, 1.82) is 0 Å². The first-order valence-electron chi connectivity index (χ1n) is 6.54. The zero-order chi connectivity index (χ0) is 14.8. The molecular weight excluding hydrogens is 258 g/mol. The van der Waals surface area contributed by atoms with Gasteiger partial charge in [-0.3, -0.25) is 14.5 Å². The predicted octanol–water partition coefficient (Wildman–Crippen LogP) is -0.402.